The molecule has 0 aromatic heterocycles. The minimum absolute atomic E-state index is 0.0204. The molecule has 2 aromatic rings. The molecule has 0 saturated carbocycles. The van der Waals surface area contributed by atoms with Crippen molar-refractivity contribution >= 4 is 32.5 Å². The van der Waals surface area contributed by atoms with E-state index in [9.17, 15) is 23.1 Å². The van der Waals surface area contributed by atoms with Gasteiger partial charge >= 0.3 is 5.97 Å². The lowest BCUT2D eigenvalue weighted by Gasteiger charge is -2.26. The lowest BCUT2D eigenvalue weighted by atomic mass is 10.1. The maximum Gasteiger partial charge on any atom is 0.342 e. The number of esters is 1. The summed E-state index contributed by atoms with van der Waals surface area (Å²) in [6, 6.07) is 9.81. The number of phenols is 1. The van der Waals surface area contributed by atoms with Crippen LogP contribution in [-0.2, 0) is 19.4 Å². The highest BCUT2D eigenvalue weighted by Gasteiger charge is 2.34. The van der Waals surface area contributed by atoms with Crippen molar-refractivity contribution in [2.24, 2.45) is 0 Å². The first kappa shape index (κ1) is 19.2. The molecule has 1 atom stereocenters. The van der Waals surface area contributed by atoms with Gasteiger partial charge in [0.15, 0.2) is 16.4 Å². The van der Waals surface area contributed by atoms with E-state index in [0.29, 0.717) is 18.4 Å². The molecule has 1 aliphatic heterocycles. The average molecular weight is 391 g/mol. The summed E-state index contributed by atoms with van der Waals surface area (Å²) in [6.07, 6.45) is 0.390. The number of amides is 1. The van der Waals surface area contributed by atoms with Crippen LogP contribution in [-0.4, -0.2) is 61.0 Å². The minimum Gasteiger partial charge on any atom is -0.506 e. The van der Waals surface area contributed by atoms with Crippen LogP contribution in [0, 0.1) is 0 Å². The summed E-state index contributed by atoms with van der Waals surface area (Å²) in [6.45, 7) is 1.58. The number of carbonyl (C=O) groups excluding carboxylic acids is 2. The van der Waals surface area contributed by atoms with Crippen molar-refractivity contribution in [3.05, 3.63) is 42.0 Å². The molecule has 3 rings (SSSR count). The molecule has 1 N–H and O–H groups in total. The smallest absolute Gasteiger partial charge is 0.342 e. The average Bonchev–Trinajstić information content (AvgIpc) is 3.00. The maximum atomic E-state index is 12.4. The first-order chi connectivity index (χ1) is 12.8. The number of sulfone groups is 1. The fourth-order valence-electron chi connectivity index (χ4n) is 3.37. The van der Waals surface area contributed by atoms with Gasteiger partial charge in [0, 0.05) is 18.0 Å². The van der Waals surface area contributed by atoms with Crippen LogP contribution >= 0.6 is 0 Å². The van der Waals surface area contributed by atoms with Crippen molar-refractivity contribution in [3.8, 4) is 5.75 Å². The second-order valence-electron chi connectivity index (χ2n) is 6.50. The van der Waals surface area contributed by atoms with Crippen molar-refractivity contribution in [2.45, 2.75) is 19.4 Å². The fourth-order valence-corrected chi connectivity index (χ4v) is 5.10. The van der Waals surface area contributed by atoms with Crippen molar-refractivity contribution < 1.29 is 27.9 Å². The lowest BCUT2D eigenvalue weighted by Crippen LogP contribution is -2.43. The number of aromatic hydroxyl groups is 1. The van der Waals surface area contributed by atoms with Crippen molar-refractivity contribution in [1.82, 2.24) is 4.90 Å². The molecule has 1 amide bonds. The molecular weight excluding hydrogens is 370 g/mol. The van der Waals surface area contributed by atoms with E-state index in [2.05, 4.69) is 0 Å². The zero-order valence-electron chi connectivity index (χ0n) is 14.9. The van der Waals surface area contributed by atoms with Crippen LogP contribution in [0.1, 0.15) is 23.7 Å². The third-order valence-corrected chi connectivity index (χ3v) is 6.51. The van der Waals surface area contributed by atoms with E-state index in [1.54, 1.807) is 25.1 Å². The van der Waals surface area contributed by atoms with Gasteiger partial charge in [0.25, 0.3) is 5.91 Å². The predicted octanol–water partition coefficient (Wildman–Crippen LogP) is 1.74. The van der Waals surface area contributed by atoms with Crippen LogP contribution < -0.4 is 0 Å². The Morgan fingerprint density at radius 1 is 1.22 bits per heavy atom. The molecule has 1 unspecified atom stereocenters. The number of rotatable bonds is 5. The third kappa shape index (κ3) is 4.05. The molecule has 27 heavy (non-hydrogen) atoms. The molecule has 1 heterocycles. The van der Waals surface area contributed by atoms with E-state index in [1.165, 1.54) is 11.0 Å². The number of likely N-dealkylation sites (N-methyl/N-ethyl adjacent to an activating group) is 1. The van der Waals surface area contributed by atoms with Gasteiger partial charge < -0.3 is 14.7 Å². The maximum absolute atomic E-state index is 12.4. The van der Waals surface area contributed by atoms with Crippen LogP contribution in [0.5, 0.6) is 5.75 Å². The molecule has 7 nitrogen and oxygen atoms in total. The summed E-state index contributed by atoms with van der Waals surface area (Å²) in [4.78, 5) is 26.1. The van der Waals surface area contributed by atoms with Gasteiger partial charge in [0.05, 0.1) is 11.5 Å². The van der Waals surface area contributed by atoms with E-state index < -0.39 is 28.3 Å². The quantitative estimate of drug-likeness (QED) is 0.779. The summed E-state index contributed by atoms with van der Waals surface area (Å²) in [5.41, 5.74) is -0.0204. The summed E-state index contributed by atoms with van der Waals surface area (Å²) >= 11 is 0. The molecule has 0 radical (unpaired) electrons. The first-order valence-electron chi connectivity index (χ1n) is 8.70. The van der Waals surface area contributed by atoms with Gasteiger partial charge in [-0.05, 0) is 24.8 Å². The molecule has 0 bridgehead atoms. The van der Waals surface area contributed by atoms with Gasteiger partial charge in [0.2, 0.25) is 0 Å². The van der Waals surface area contributed by atoms with Gasteiger partial charge in [-0.3, -0.25) is 4.79 Å². The molecule has 0 aliphatic carbocycles. The van der Waals surface area contributed by atoms with Gasteiger partial charge in [-0.15, -0.1) is 0 Å². The Balaban J connectivity index is 1.68. The van der Waals surface area contributed by atoms with E-state index in [1.807, 2.05) is 12.1 Å². The van der Waals surface area contributed by atoms with Crippen molar-refractivity contribution in [1.29, 1.82) is 0 Å². The molecule has 2 aromatic carbocycles. The Labute approximate surface area is 157 Å². The number of phenolic OH excluding ortho intramolecular Hbond substituents is 1. The molecule has 144 valence electrons. The first-order valence-corrected chi connectivity index (χ1v) is 10.5. The minimum atomic E-state index is -3.12. The second kappa shape index (κ2) is 7.56. The Morgan fingerprint density at radius 2 is 1.96 bits per heavy atom. The van der Waals surface area contributed by atoms with Crippen LogP contribution in [0.2, 0.25) is 0 Å². The number of hydrogen-bond donors (Lipinski definition) is 1. The third-order valence-electron chi connectivity index (χ3n) is 4.76. The monoisotopic (exact) mass is 391 g/mol. The predicted molar refractivity (Wildman–Crippen MR) is 100 cm³/mol. The Hall–Kier alpha value is -2.61. The highest BCUT2D eigenvalue weighted by atomic mass is 32.2. The summed E-state index contributed by atoms with van der Waals surface area (Å²) < 4.78 is 28.3. The number of benzene rings is 2. The Morgan fingerprint density at radius 3 is 2.63 bits per heavy atom. The number of carbonyl (C=O) groups is 2. The number of ether oxygens (including phenoxy) is 1. The molecule has 8 heteroatoms. The topological polar surface area (TPSA) is 101 Å². The highest BCUT2D eigenvalue weighted by Crippen LogP contribution is 2.29. The Bertz CT molecular complexity index is 985. The van der Waals surface area contributed by atoms with E-state index in [4.69, 9.17) is 4.74 Å². The van der Waals surface area contributed by atoms with Gasteiger partial charge in [0.1, 0.15) is 11.3 Å². The largest absolute Gasteiger partial charge is 0.506 e. The standard InChI is InChI=1S/C19H21NO6S/c1-2-20(14-9-10-27(24,25)12-14)17(21)11-26-19(23)16-8-7-13-5-3-4-6-15(13)18(16)22/h3-8,14,22H,2,9-12H2,1H3. The summed E-state index contributed by atoms with van der Waals surface area (Å²) in [7, 11) is -3.12. The van der Waals surface area contributed by atoms with Crippen molar-refractivity contribution in [2.75, 3.05) is 24.7 Å². The number of hydrogen-bond acceptors (Lipinski definition) is 6. The zero-order valence-corrected chi connectivity index (χ0v) is 15.7. The normalized spacial score (nSPS) is 18.3. The van der Waals surface area contributed by atoms with Crippen molar-refractivity contribution in [3.63, 3.8) is 0 Å². The van der Waals surface area contributed by atoms with Crippen LogP contribution in [0.4, 0.5) is 0 Å². The Kier molecular flexibility index (Phi) is 5.36. The molecule has 1 saturated heterocycles. The van der Waals surface area contributed by atoms with Gasteiger partial charge in [-0.2, -0.15) is 0 Å². The van der Waals surface area contributed by atoms with E-state index in [0.717, 1.165) is 5.39 Å². The fraction of sp³-hybridized carbons (Fsp3) is 0.368. The molecule has 0 spiro atoms. The number of nitrogens with zero attached hydrogens (tertiary/aromatic N) is 1. The van der Waals surface area contributed by atoms with Gasteiger partial charge in [-0.25, -0.2) is 13.2 Å². The van der Waals surface area contributed by atoms with Crippen LogP contribution in [0.25, 0.3) is 10.8 Å². The SMILES string of the molecule is CCN(C(=O)COC(=O)c1ccc2ccccc2c1O)C1CCS(=O)(=O)C1. The van der Waals surface area contributed by atoms with Gasteiger partial charge in [-0.1, -0.05) is 30.3 Å². The zero-order chi connectivity index (χ0) is 19.6. The molecular formula is C19H21NO6S. The lowest BCUT2D eigenvalue weighted by molar-refractivity contribution is -0.136. The number of fused-ring (bicyclic) bond motifs is 1. The summed E-state index contributed by atoms with van der Waals surface area (Å²) in [5.74, 6) is -1.45. The highest BCUT2D eigenvalue weighted by molar-refractivity contribution is 7.91. The van der Waals surface area contributed by atoms with Crippen LogP contribution in [0.15, 0.2) is 36.4 Å². The second-order valence-corrected chi connectivity index (χ2v) is 8.72. The van der Waals surface area contributed by atoms with E-state index in [-0.39, 0.29) is 28.9 Å². The molecule has 1 fully saturated rings. The van der Waals surface area contributed by atoms with Crippen LogP contribution in [0.3, 0.4) is 0 Å². The molecule has 1 aliphatic rings. The van der Waals surface area contributed by atoms with E-state index >= 15 is 0 Å². The summed E-state index contributed by atoms with van der Waals surface area (Å²) in [5, 5.41) is 11.6.